The van der Waals surface area contributed by atoms with Gasteiger partial charge in [-0.15, -0.1) is 0 Å². The second-order valence-corrected chi connectivity index (χ2v) is 6.36. The topological polar surface area (TPSA) is 55.5 Å². The molecule has 3 nitrogen and oxygen atoms in total. The fraction of sp³-hybridized carbons (Fsp3) is 0.238. The highest BCUT2D eigenvalue weighted by molar-refractivity contribution is 5.84. The highest BCUT2D eigenvalue weighted by Crippen LogP contribution is 2.30. The number of benzene rings is 3. The third-order valence-corrected chi connectivity index (χ3v) is 4.38. The van der Waals surface area contributed by atoms with Crippen molar-refractivity contribution in [1.29, 1.82) is 0 Å². The average Bonchev–Trinajstić information content (AvgIpc) is 2.61. The molecule has 0 radical (unpaired) electrons. The number of fused-ring (bicyclic) bond motifs is 1. The van der Waals surface area contributed by atoms with Gasteiger partial charge >= 0.3 is 0 Å². The lowest BCUT2D eigenvalue weighted by Gasteiger charge is -2.22. The predicted octanol–water partition coefficient (Wildman–Crippen LogP) is 4.36. The summed E-state index contributed by atoms with van der Waals surface area (Å²) in [4.78, 5) is 0. The first-order chi connectivity index (χ1) is 11.5. The first kappa shape index (κ1) is 16.5. The van der Waals surface area contributed by atoms with E-state index >= 15 is 0 Å². The molecule has 0 aromatic heterocycles. The van der Waals surface area contributed by atoms with Crippen LogP contribution in [0, 0.1) is 0 Å². The van der Waals surface area contributed by atoms with Gasteiger partial charge in [0.25, 0.3) is 0 Å². The summed E-state index contributed by atoms with van der Waals surface area (Å²) in [6, 6.07) is 20.1. The zero-order valence-corrected chi connectivity index (χ0v) is 14.1. The molecule has 0 fully saturated rings. The summed E-state index contributed by atoms with van der Waals surface area (Å²) in [6.45, 7) is 3.86. The van der Waals surface area contributed by atoms with Crippen LogP contribution >= 0.6 is 0 Å². The number of ether oxygens (including phenoxy) is 1. The van der Waals surface area contributed by atoms with Gasteiger partial charge in [-0.2, -0.15) is 0 Å². The first-order valence-electron chi connectivity index (χ1n) is 8.23. The van der Waals surface area contributed by atoms with Gasteiger partial charge in [0.15, 0.2) is 0 Å². The molecular weight excluding hydrogens is 298 g/mol. The third-order valence-electron chi connectivity index (χ3n) is 4.38. The summed E-state index contributed by atoms with van der Waals surface area (Å²) in [7, 11) is 0. The second-order valence-electron chi connectivity index (χ2n) is 6.36. The molecule has 3 heteroatoms. The van der Waals surface area contributed by atoms with Crippen molar-refractivity contribution in [3.8, 4) is 11.5 Å². The molecule has 0 heterocycles. The van der Waals surface area contributed by atoms with Gasteiger partial charge in [-0.05, 0) is 59.5 Å². The van der Waals surface area contributed by atoms with Crippen molar-refractivity contribution in [2.24, 2.45) is 5.73 Å². The molecule has 124 valence electrons. The Morgan fingerprint density at radius 1 is 1.00 bits per heavy atom. The number of nitrogens with two attached hydrogens (primary N) is 1. The molecule has 3 rings (SSSR count). The van der Waals surface area contributed by atoms with Gasteiger partial charge in [0.1, 0.15) is 11.5 Å². The van der Waals surface area contributed by atoms with E-state index in [9.17, 15) is 5.11 Å². The van der Waals surface area contributed by atoms with Crippen LogP contribution in [0.3, 0.4) is 0 Å². The normalized spacial score (nSPS) is 13.7. The number of hydrogen-bond donors (Lipinski definition) is 2. The Kier molecular flexibility index (Phi) is 4.56. The van der Waals surface area contributed by atoms with E-state index in [0.29, 0.717) is 0 Å². The highest BCUT2D eigenvalue weighted by atomic mass is 16.5. The zero-order chi connectivity index (χ0) is 17.2. The van der Waals surface area contributed by atoms with Gasteiger partial charge in [-0.1, -0.05) is 43.3 Å². The molecule has 24 heavy (non-hydrogen) atoms. The lowest BCUT2D eigenvalue weighted by atomic mass is 9.92. The van der Waals surface area contributed by atoms with Gasteiger partial charge < -0.3 is 15.6 Å². The number of para-hydroxylation sites is 1. The predicted molar refractivity (Wildman–Crippen MR) is 98.5 cm³/mol. The summed E-state index contributed by atoms with van der Waals surface area (Å²) in [5.74, 6) is 1.71. The highest BCUT2D eigenvalue weighted by Gasteiger charge is 2.20. The van der Waals surface area contributed by atoms with E-state index in [2.05, 4.69) is 13.0 Å². The van der Waals surface area contributed by atoms with Gasteiger partial charge in [0.2, 0.25) is 0 Å². The molecular formula is C21H23NO2. The Labute approximate surface area is 142 Å². The molecule has 1 atom stereocenters. The number of rotatable bonds is 5. The number of aliphatic hydroxyl groups is 1. The van der Waals surface area contributed by atoms with E-state index < -0.39 is 5.54 Å². The van der Waals surface area contributed by atoms with Crippen molar-refractivity contribution in [1.82, 2.24) is 0 Å². The number of aliphatic hydroxyl groups excluding tert-OH is 1. The first-order valence-corrected chi connectivity index (χ1v) is 8.23. The Morgan fingerprint density at radius 3 is 2.46 bits per heavy atom. The van der Waals surface area contributed by atoms with Crippen molar-refractivity contribution in [2.75, 3.05) is 6.61 Å². The van der Waals surface area contributed by atoms with Crippen molar-refractivity contribution >= 4 is 10.8 Å². The third kappa shape index (κ3) is 3.28. The molecule has 0 saturated carbocycles. The van der Waals surface area contributed by atoms with Crippen LogP contribution in [0.25, 0.3) is 10.8 Å². The van der Waals surface area contributed by atoms with Crippen LogP contribution in [-0.2, 0) is 12.0 Å². The maximum absolute atomic E-state index is 9.43. The average molecular weight is 321 g/mol. The van der Waals surface area contributed by atoms with E-state index in [-0.39, 0.29) is 6.61 Å². The molecule has 0 aliphatic rings. The Balaban J connectivity index is 1.93. The van der Waals surface area contributed by atoms with Crippen LogP contribution in [-0.4, -0.2) is 11.7 Å². The number of aryl methyl sites for hydroxylation is 1. The quantitative estimate of drug-likeness (QED) is 0.734. The summed E-state index contributed by atoms with van der Waals surface area (Å²) in [6.07, 6.45) is 0.934. The molecule has 0 spiro atoms. The van der Waals surface area contributed by atoms with Crippen LogP contribution in [0.2, 0.25) is 0 Å². The van der Waals surface area contributed by atoms with Crippen LogP contribution in [0.4, 0.5) is 0 Å². The molecule has 0 unspecified atom stereocenters. The fourth-order valence-electron chi connectivity index (χ4n) is 2.76. The van der Waals surface area contributed by atoms with Crippen LogP contribution in [0.5, 0.6) is 11.5 Å². The molecule has 0 amide bonds. The monoisotopic (exact) mass is 321 g/mol. The van der Waals surface area contributed by atoms with Gasteiger partial charge in [-0.3, -0.25) is 0 Å². The lowest BCUT2D eigenvalue weighted by molar-refractivity contribution is 0.210. The molecule has 3 aromatic carbocycles. The minimum atomic E-state index is -0.733. The molecule has 0 saturated heterocycles. The maximum Gasteiger partial charge on any atom is 0.130 e. The van der Waals surface area contributed by atoms with E-state index in [1.54, 1.807) is 0 Å². The van der Waals surface area contributed by atoms with E-state index in [1.165, 1.54) is 5.56 Å². The maximum atomic E-state index is 9.43. The number of hydrogen-bond acceptors (Lipinski definition) is 3. The lowest BCUT2D eigenvalue weighted by Crippen LogP contribution is -2.36. The standard InChI is InChI=1S/C21H23NO2/c1-3-15-6-4-5-7-20(15)24-19-11-9-16-12-18(21(2,22)14-23)10-8-17(16)13-19/h4-13,23H,3,14,22H2,1-2H3/t21-/m0/s1. The minimum absolute atomic E-state index is 0.0898. The van der Waals surface area contributed by atoms with Crippen LogP contribution in [0.15, 0.2) is 60.7 Å². The molecule has 3 aromatic rings. The van der Waals surface area contributed by atoms with Crippen molar-refractivity contribution in [3.63, 3.8) is 0 Å². The van der Waals surface area contributed by atoms with E-state index in [0.717, 1.165) is 34.3 Å². The SMILES string of the molecule is CCc1ccccc1Oc1ccc2cc([C@@](C)(N)CO)ccc2c1. The van der Waals surface area contributed by atoms with Gasteiger partial charge in [0, 0.05) is 0 Å². The van der Waals surface area contributed by atoms with Crippen molar-refractivity contribution in [2.45, 2.75) is 25.8 Å². The van der Waals surface area contributed by atoms with E-state index in [4.69, 9.17) is 10.5 Å². The minimum Gasteiger partial charge on any atom is -0.457 e. The largest absolute Gasteiger partial charge is 0.457 e. The Bertz CT molecular complexity index is 855. The Hall–Kier alpha value is -2.36. The van der Waals surface area contributed by atoms with Gasteiger partial charge in [0.05, 0.1) is 12.1 Å². The zero-order valence-electron chi connectivity index (χ0n) is 14.1. The Morgan fingerprint density at radius 2 is 1.71 bits per heavy atom. The van der Waals surface area contributed by atoms with Crippen LogP contribution < -0.4 is 10.5 Å². The van der Waals surface area contributed by atoms with Crippen LogP contribution in [0.1, 0.15) is 25.0 Å². The summed E-state index contributed by atoms with van der Waals surface area (Å²) in [5.41, 5.74) is 7.49. The summed E-state index contributed by atoms with van der Waals surface area (Å²) in [5, 5.41) is 11.6. The molecule has 0 aliphatic carbocycles. The summed E-state index contributed by atoms with van der Waals surface area (Å²) >= 11 is 0. The fourth-order valence-corrected chi connectivity index (χ4v) is 2.76. The summed E-state index contributed by atoms with van der Waals surface area (Å²) < 4.78 is 6.06. The smallest absolute Gasteiger partial charge is 0.130 e. The second kappa shape index (κ2) is 6.63. The molecule has 0 bridgehead atoms. The van der Waals surface area contributed by atoms with Crippen molar-refractivity contribution in [3.05, 3.63) is 71.8 Å². The molecule has 3 N–H and O–H groups in total. The van der Waals surface area contributed by atoms with Gasteiger partial charge in [-0.25, -0.2) is 0 Å². The van der Waals surface area contributed by atoms with E-state index in [1.807, 2.05) is 61.5 Å². The molecule has 0 aliphatic heterocycles. The van der Waals surface area contributed by atoms with Crippen molar-refractivity contribution < 1.29 is 9.84 Å².